The number of aromatic hydroxyl groups is 1. The van der Waals surface area contributed by atoms with E-state index in [4.69, 9.17) is 11.6 Å². The third-order valence-electron chi connectivity index (χ3n) is 3.77. The fourth-order valence-corrected chi connectivity index (χ4v) is 2.57. The Balaban J connectivity index is 1.92. The fourth-order valence-electron chi connectivity index (χ4n) is 2.40. The molecule has 2 heterocycles. The van der Waals surface area contributed by atoms with Crippen molar-refractivity contribution in [3.05, 3.63) is 53.8 Å². The first-order valence-electron chi connectivity index (χ1n) is 8.45. The third-order valence-corrected chi connectivity index (χ3v) is 4.00. The van der Waals surface area contributed by atoms with E-state index in [2.05, 4.69) is 30.5 Å². The van der Waals surface area contributed by atoms with E-state index in [0.717, 1.165) is 17.8 Å². The van der Waals surface area contributed by atoms with Crippen molar-refractivity contribution in [2.75, 3.05) is 37.8 Å². The van der Waals surface area contributed by atoms with Crippen molar-refractivity contribution in [2.24, 2.45) is 0 Å². The number of benzene rings is 1. The lowest BCUT2D eigenvalue weighted by Gasteiger charge is -2.14. The van der Waals surface area contributed by atoms with Crippen LogP contribution in [0.25, 0.3) is 11.3 Å². The first kappa shape index (κ1) is 18.9. The van der Waals surface area contributed by atoms with E-state index in [1.807, 2.05) is 32.3 Å². The first-order valence-corrected chi connectivity index (χ1v) is 8.82. The van der Waals surface area contributed by atoms with Crippen LogP contribution in [0.4, 0.5) is 17.5 Å². The van der Waals surface area contributed by atoms with E-state index in [0.29, 0.717) is 29.0 Å². The summed E-state index contributed by atoms with van der Waals surface area (Å²) >= 11 is 6.03. The maximum Gasteiger partial charge on any atom is 0.225 e. The van der Waals surface area contributed by atoms with Gasteiger partial charge in [-0.15, -0.1) is 0 Å². The van der Waals surface area contributed by atoms with Gasteiger partial charge in [-0.25, -0.2) is 4.98 Å². The van der Waals surface area contributed by atoms with Crippen molar-refractivity contribution in [3.63, 3.8) is 0 Å². The van der Waals surface area contributed by atoms with Crippen LogP contribution < -0.4 is 10.6 Å². The number of nitrogens with one attached hydrogen (secondary N) is 2. The highest BCUT2D eigenvalue weighted by Gasteiger charge is 2.09. The van der Waals surface area contributed by atoms with Crippen molar-refractivity contribution < 1.29 is 5.11 Å². The second-order valence-electron chi connectivity index (χ2n) is 6.21. The molecule has 0 amide bonds. The molecule has 0 aliphatic rings. The molecule has 3 rings (SSSR count). The van der Waals surface area contributed by atoms with Gasteiger partial charge >= 0.3 is 0 Å². The maximum absolute atomic E-state index is 10.1. The fraction of sp³-hybridized carbons (Fsp3) is 0.211. The lowest BCUT2D eigenvalue weighted by Crippen LogP contribution is -2.21. The number of aromatic nitrogens is 3. The summed E-state index contributed by atoms with van der Waals surface area (Å²) in [6.07, 6.45) is 3.43. The number of pyridine rings is 1. The van der Waals surface area contributed by atoms with Crippen molar-refractivity contribution >= 4 is 29.1 Å². The molecule has 2 aromatic heterocycles. The van der Waals surface area contributed by atoms with Crippen LogP contribution in [0.3, 0.4) is 0 Å². The van der Waals surface area contributed by atoms with Gasteiger partial charge in [0.15, 0.2) is 0 Å². The summed E-state index contributed by atoms with van der Waals surface area (Å²) in [4.78, 5) is 15.2. The van der Waals surface area contributed by atoms with Crippen molar-refractivity contribution in [1.82, 2.24) is 19.9 Å². The zero-order valence-electron chi connectivity index (χ0n) is 15.1. The predicted molar refractivity (Wildman–Crippen MR) is 109 cm³/mol. The molecule has 0 saturated heterocycles. The van der Waals surface area contributed by atoms with E-state index in [9.17, 15) is 5.11 Å². The average Bonchev–Trinajstić information content (AvgIpc) is 2.65. The second-order valence-corrected chi connectivity index (χ2v) is 6.65. The second kappa shape index (κ2) is 8.66. The SMILES string of the molecule is CN(C)CCNc1nc(Nc2cc(Cl)ccc2O)cc(-c2ccncc2)n1. The first-order chi connectivity index (χ1) is 13.0. The Kier molecular flexibility index (Phi) is 6.05. The molecule has 0 bridgehead atoms. The van der Waals surface area contributed by atoms with Crippen molar-refractivity contribution in [3.8, 4) is 17.0 Å². The Labute approximate surface area is 163 Å². The summed E-state index contributed by atoms with van der Waals surface area (Å²) in [5.74, 6) is 1.13. The van der Waals surface area contributed by atoms with E-state index in [-0.39, 0.29) is 5.75 Å². The molecule has 27 heavy (non-hydrogen) atoms. The molecule has 0 atom stereocenters. The summed E-state index contributed by atoms with van der Waals surface area (Å²) in [5.41, 5.74) is 2.13. The summed E-state index contributed by atoms with van der Waals surface area (Å²) in [6, 6.07) is 10.4. The molecular formula is C19H21ClN6O. The molecule has 7 nitrogen and oxygen atoms in total. The highest BCUT2D eigenvalue weighted by atomic mass is 35.5. The molecule has 8 heteroatoms. The highest BCUT2D eigenvalue weighted by molar-refractivity contribution is 6.30. The zero-order chi connectivity index (χ0) is 19.2. The molecule has 0 spiro atoms. The molecule has 0 radical (unpaired) electrons. The highest BCUT2D eigenvalue weighted by Crippen LogP contribution is 2.30. The number of phenolic OH excluding ortho intramolecular Hbond substituents is 1. The minimum Gasteiger partial charge on any atom is -0.506 e. The number of anilines is 3. The predicted octanol–water partition coefficient (Wildman–Crippen LogP) is 3.61. The Morgan fingerprint density at radius 1 is 1.07 bits per heavy atom. The van der Waals surface area contributed by atoms with E-state index >= 15 is 0 Å². The molecule has 0 saturated carbocycles. The van der Waals surface area contributed by atoms with Gasteiger partial charge in [0.25, 0.3) is 0 Å². The molecular weight excluding hydrogens is 364 g/mol. The van der Waals surface area contributed by atoms with E-state index < -0.39 is 0 Å². The van der Waals surface area contributed by atoms with Gasteiger partial charge in [-0.3, -0.25) is 4.98 Å². The van der Waals surface area contributed by atoms with Crippen LogP contribution in [0.5, 0.6) is 5.75 Å². The number of phenols is 1. The number of hydrogen-bond donors (Lipinski definition) is 3. The Bertz CT molecular complexity index is 904. The molecule has 3 aromatic rings. The third kappa shape index (κ3) is 5.29. The van der Waals surface area contributed by atoms with Crippen LogP contribution in [-0.4, -0.2) is 52.1 Å². The Morgan fingerprint density at radius 2 is 1.85 bits per heavy atom. The quantitative estimate of drug-likeness (QED) is 0.536. The summed E-state index contributed by atoms with van der Waals surface area (Å²) < 4.78 is 0. The van der Waals surface area contributed by atoms with Crippen molar-refractivity contribution in [2.45, 2.75) is 0 Å². The van der Waals surface area contributed by atoms with Crippen LogP contribution in [-0.2, 0) is 0 Å². The average molecular weight is 385 g/mol. The minimum absolute atomic E-state index is 0.0885. The number of halogens is 1. The van der Waals surface area contributed by atoms with Gasteiger partial charge < -0.3 is 20.6 Å². The molecule has 140 valence electrons. The van der Waals surface area contributed by atoms with Crippen LogP contribution in [0.1, 0.15) is 0 Å². The molecule has 0 aliphatic carbocycles. The van der Waals surface area contributed by atoms with Crippen LogP contribution >= 0.6 is 11.6 Å². The van der Waals surface area contributed by atoms with Crippen LogP contribution in [0.15, 0.2) is 48.8 Å². The van der Waals surface area contributed by atoms with Gasteiger partial charge in [-0.2, -0.15) is 4.98 Å². The molecule has 0 aliphatic heterocycles. The molecule has 1 aromatic carbocycles. The van der Waals surface area contributed by atoms with E-state index in [1.54, 1.807) is 24.5 Å². The maximum atomic E-state index is 10.1. The number of nitrogens with zero attached hydrogens (tertiary/aromatic N) is 4. The summed E-state index contributed by atoms with van der Waals surface area (Å²) in [7, 11) is 4.01. The van der Waals surface area contributed by atoms with Gasteiger partial charge in [0.1, 0.15) is 11.6 Å². The van der Waals surface area contributed by atoms with Crippen molar-refractivity contribution in [1.29, 1.82) is 0 Å². The minimum atomic E-state index is 0.0885. The normalized spacial score (nSPS) is 10.8. The van der Waals surface area contributed by atoms with Gasteiger partial charge in [-0.1, -0.05) is 11.6 Å². The van der Waals surface area contributed by atoms with Gasteiger partial charge in [-0.05, 0) is 44.4 Å². The van der Waals surface area contributed by atoms with Crippen LogP contribution in [0, 0.1) is 0 Å². The Hall–Kier alpha value is -2.90. The zero-order valence-corrected chi connectivity index (χ0v) is 15.9. The topological polar surface area (TPSA) is 86.2 Å². The smallest absolute Gasteiger partial charge is 0.225 e. The molecule has 3 N–H and O–H groups in total. The van der Waals surface area contributed by atoms with Crippen LogP contribution in [0.2, 0.25) is 5.02 Å². The van der Waals surface area contributed by atoms with E-state index in [1.165, 1.54) is 6.07 Å². The van der Waals surface area contributed by atoms with Gasteiger partial charge in [0, 0.05) is 42.1 Å². The summed E-state index contributed by atoms with van der Waals surface area (Å²) in [5, 5.41) is 16.9. The van der Waals surface area contributed by atoms with Gasteiger partial charge in [0.05, 0.1) is 11.4 Å². The number of hydrogen-bond acceptors (Lipinski definition) is 7. The summed E-state index contributed by atoms with van der Waals surface area (Å²) in [6.45, 7) is 1.55. The largest absolute Gasteiger partial charge is 0.506 e. The number of rotatable bonds is 7. The monoisotopic (exact) mass is 384 g/mol. The lowest BCUT2D eigenvalue weighted by atomic mass is 10.2. The molecule has 0 fully saturated rings. The molecule has 0 unspecified atom stereocenters. The standard InChI is InChI=1S/C19H21ClN6O/c1-26(2)10-9-22-19-24-15(13-5-7-21-8-6-13)12-18(25-19)23-16-11-14(20)3-4-17(16)27/h3-8,11-12,27H,9-10H2,1-2H3,(H2,22,23,24,25). The number of likely N-dealkylation sites (N-methyl/N-ethyl adjacent to an activating group) is 1. The van der Waals surface area contributed by atoms with Gasteiger partial charge in [0.2, 0.25) is 5.95 Å². The lowest BCUT2D eigenvalue weighted by molar-refractivity contribution is 0.425. The Morgan fingerprint density at radius 3 is 2.59 bits per heavy atom.